The van der Waals surface area contributed by atoms with E-state index in [2.05, 4.69) is 79.4 Å². The highest BCUT2D eigenvalue weighted by atomic mass is 16.3. The van der Waals surface area contributed by atoms with E-state index >= 15 is 0 Å². The summed E-state index contributed by atoms with van der Waals surface area (Å²) in [7, 11) is 0. The first-order valence-electron chi connectivity index (χ1n) is 12.3. The van der Waals surface area contributed by atoms with Crippen LogP contribution in [0.1, 0.15) is 63.3 Å². The molecule has 0 saturated carbocycles. The van der Waals surface area contributed by atoms with E-state index in [1.165, 1.54) is 11.1 Å². The van der Waals surface area contributed by atoms with Gasteiger partial charge in [-0.25, -0.2) is 0 Å². The summed E-state index contributed by atoms with van der Waals surface area (Å²) in [6, 6.07) is 29.1. The molecule has 0 fully saturated rings. The smallest absolute Gasteiger partial charge is 0.122 e. The second kappa shape index (κ2) is 11.1. The molecule has 0 aromatic heterocycles. The molecule has 0 atom stereocenters. The van der Waals surface area contributed by atoms with Crippen LogP contribution in [-0.4, -0.2) is 10.2 Å². The SMILES string of the molecule is C=CCCC(c1cc(Cc2ccccc2)cc(C)c1O)c1cc(Cc2ccccc2)cc(C)c1O. The molecule has 0 aliphatic heterocycles. The summed E-state index contributed by atoms with van der Waals surface area (Å²) in [6.07, 6.45) is 5.04. The predicted molar refractivity (Wildman–Crippen MR) is 145 cm³/mol. The predicted octanol–water partition coefficient (Wildman–Crippen LogP) is 7.99. The number of hydrogen-bond donors (Lipinski definition) is 2. The van der Waals surface area contributed by atoms with Crippen molar-refractivity contribution in [3.8, 4) is 11.5 Å². The molecular formula is C33H34O2. The number of aryl methyl sites for hydroxylation is 2. The standard InChI is InChI=1S/C33H34O2/c1-4-5-16-29(30-21-27(17-23(2)32(30)34)19-25-12-8-6-9-13-25)31-22-28(18-24(3)33(31)35)20-26-14-10-7-11-15-26/h4,6-15,17-18,21-22,29,34-35H,1,5,16,19-20H2,2-3H3. The lowest BCUT2D eigenvalue weighted by molar-refractivity contribution is 0.446. The quantitative estimate of drug-likeness (QED) is 0.247. The van der Waals surface area contributed by atoms with Crippen LogP contribution in [0, 0.1) is 13.8 Å². The van der Waals surface area contributed by atoms with Gasteiger partial charge in [0.1, 0.15) is 11.5 Å². The third-order valence-electron chi connectivity index (χ3n) is 6.69. The van der Waals surface area contributed by atoms with Gasteiger partial charge in [0.05, 0.1) is 0 Å². The Hall–Kier alpha value is -3.78. The van der Waals surface area contributed by atoms with Gasteiger partial charge in [0.2, 0.25) is 0 Å². The summed E-state index contributed by atoms with van der Waals surface area (Å²) in [5.74, 6) is 0.472. The summed E-state index contributed by atoms with van der Waals surface area (Å²) in [5, 5.41) is 22.4. The maximum Gasteiger partial charge on any atom is 0.122 e. The Balaban J connectivity index is 1.79. The minimum atomic E-state index is -0.142. The molecule has 0 radical (unpaired) electrons. The Morgan fingerprint density at radius 2 is 1.09 bits per heavy atom. The van der Waals surface area contributed by atoms with Crippen LogP contribution in [0.4, 0.5) is 0 Å². The van der Waals surface area contributed by atoms with Gasteiger partial charge in [-0.2, -0.15) is 0 Å². The molecular weight excluding hydrogens is 428 g/mol. The monoisotopic (exact) mass is 462 g/mol. The van der Waals surface area contributed by atoms with E-state index in [0.717, 1.165) is 59.1 Å². The fourth-order valence-corrected chi connectivity index (χ4v) is 4.93. The zero-order valence-corrected chi connectivity index (χ0v) is 20.7. The van der Waals surface area contributed by atoms with Crippen LogP contribution in [0.3, 0.4) is 0 Å². The zero-order valence-electron chi connectivity index (χ0n) is 20.7. The Kier molecular flexibility index (Phi) is 7.72. The van der Waals surface area contributed by atoms with Crippen LogP contribution in [0.2, 0.25) is 0 Å². The normalized spacial score (nSPS) is 11.1. The lowest BCUT2D eigenvalue weighted by Crippen LogP contribution is -2.06. The van der Waals surface area contributed by atoms with Crippen LogP contribution in [0.25, 0.3) is 0 Å². The summed E-state index contributed by atoms with van der Waals surface area (Å²) in [4.78, 5) is 0. The van der Waals surface area contributed by atoms with Crippen LogP contribution in [0.15, 0.2) is 97.6 Å². The molecule has 2 heteroatoms. The van der Waals surface area contributed by atoms with Crippen molar-refractivity contribution < 1.29 is 10.2 Å². The molecule has 0 saturated heterocycles. The number of phenolic OH excluding ortho intramolecular Hbond substituents is 2. The summed E-state index contributed by atoms with van der Waals surface area (Å²) in [5.41, 5.74) is 8.21. The molecule has 2 nitrogen and oxygen atoms in total. The molecule has 4 rings (SSSR count). The van der Waals surface area contributed by atoms with Crippen molar-refractivity contribution in [1.29, 1.82) is 0 Å². The van der Waals surface area contributed by atoms with Gasteiger partial charge in [-0.05, 0) is 72.9 Å². The lowest BCUT2D eigenvalue weighted by atomic mass is 9.82. The molecule has 35 heavy (non-hydrogen) atoms. The molecule has 0 aliphatic rings. The molecule has 0 unspecified atom stereocenters. The maximum atomic E-state index is 11.2. The first kappa shape index (κ1) is 24.3. The Bertz CT molecular complexity index is 1190. The molecule has 4 aromatic rings. The van der Waals surface area contributed by atoms with Gasteiger partial charge in [0.25, 0.3) is 0 Å². The maximum absolute atomic E-state index is 11.2. The lowest BCUT2D eigenvalue weighted by Gasteiger charge is -2.23. The van der Waals surface area contributed by atoms with Crippen molar-refractivity contribution in [2.24, 2.45) is 0 Å². The molecule has 2 N–H and O–H groups in total. The van der Waals surface area contributed by atoms with Gasteiger partial charge < -0.3 is 10.2 Å². The molecule has 0 spiro atoms. The first-order valence-corrected chi connectivity index (χ1v) is 12.3. The van der Waals surface area contributed by atoms with E-state index in [9.17, 15) is 10.2 Å². The third kappa shape index (κ3) is 5.84. The summed E-state index contributed by atoms with van der Waals surface area (Å²) in [6.45, 7) is 7.83. The zero-order chi connectivity index (χ0) is 24.8. The number of aromatic hydroxyl groups is 2. The summed E-state index contributed by atoms with van der Waals surface area (Å²) >= 11 is 0. The Morgan fingerprint density at radius 3 is 1.49 bits per heavy atom. The average Bonchev–Trinajstić information content (AvgIpc) is 2.86. The van der Waals surface area contributed by atoms with E-state index in [1.54, 1.807) is 0 Å². The van der Waals surface area contributed by atoms with Crippen molar-refractivity contribution in [3.05, 3.63) is 142 Å². The highest BCUT2D eigenvalue weighted by Crippen LogP contribution is 2.42. The average molecular weight is 463 g/mol. The number of rotatable bonds is 9. The van der Waals surface area contributed by atoms with E-state index in [1.807, 2.05) is 32.1 Å². The molecule has 0 heterocycles. The molecule has 4 aromatic carbocycles. The topological polar surface area (TPSA) is 40.5 Å². The van der Waals surface area contributed by atoms with Gasteiger partial charge in [0.15, 0.2) is 0 Å². The number of phenols is 2. The van der Waals surface area contributed by atoms with Crippen LogP contribution in [0.5, 0.6) is 11.5 Å². The highest BCUT2D eigenvalue weighted by Gasteiger charge is 2.24. The van der Waals surface area contributed by atoms with E-state index in [-0.39, 0.29) is 5.92 Å². The second-order valence-electron chi connectivity index (χ2n) is 9.44. The number of hydrogen-bond acceptors (Lipinski definition) is 2. The number of allylic oxidation sites excluding steroid dienone is 1. The van der Waals surface area contributed by atoms with Gasteiger partial charge in [-0.15, -0.1) is 6.58 Å². The second-order valence-corrected chi connectivity index (χ2v) is 9.44. The minimum absolute atomic E-state index is 0.142. The number of benzene rings is 4. The van der Waals surface area contributed by atoms with Crippen molar-refractivity contribution in [3.63, 3.8) is 0 Å². The van der Waals surface area contributed by atoms with Crippen LogP contribution >= 0.6 is 0 Å². The van der Waals surface area contributed by atoms with Crippen molar-refractivity contribution in [1.82, 2.24) is 0 Å². The molecule has 0 aliphatic carbocycles. The van der Waals surface area contributed by atoms with Gasteiger partial charge in [0, 0.05) is 17.0 Å². The first-order chi connectivity index (χ1) is 17.0. The fraction of sp³-hybridized carbons (Fsp3) is 0.212. The van der Waals surface area contributed by atoms with Gasteiger partial charge in [-0.3, -0.25) is 0 Å². The van der Waals surface area contributed by atoms with Crippen molar-refractivity contribution >= 4 is 0 Å². The third-order valence-corrected chi connectivity index (χ3v) is 6.69. The minimum Gasteiger partial charge on any atom is -0.507 e. The Labute approximate surface area is 209 Å². The van der Waals surface area contributed by atoms with Crippen molar-refractivity contribution in [2.75, 3.05) is 0 Å². The van der Waals surface area contributed by atoms with Gasteiger partial charge >= 0.3 is 0 Å². The van der Waals surface area contributed by atoms with Crippen LogP contribution < -0.4 is 0 Å². The fourth-order valence-electron chi connectivity index (χ4n) is 4.93. The van der Waals surface area contributed by atoms with E-state index < -0.39 is 0 Å². The summed E-state index contributed by atoms with van der Waals surface area (Å²) < 4.78 is 0. The highest BCUT2D eigenvalue weighted by molar-refractivity contribution is 5.54. The van der Waals surface area contributed by atoms with E-state index in [4.69, 9.17) is 0 Å². The Morgan fingerprint density at radius 1 is 0.657 bits per heavy atom. The molecule has 0 amide bonds. The molecule has 178 valence electrons. The van der Waals surface area contributed by atoms with Crippen molar-refractivity contribution in [2.45, 2.75) is 45.4 Å². The largest absolute Gasteiger partial charge is 0.507 e. The van der Waals surface area contributed by atoms with Gasteiger partial charge in [-0.1, -0.05) is 91.0 Å². The van der Waals surface area contributed by atoms with Crippen LogP contribution in [-0.2, 0) is 12.8 Å². The van der Waals surface area contributed by atoms with E-state index in [0.29, 0.717) is 11.5 Å². The molecule has 0 bridgehead atoms.